The number of hydrogen-bond acceptors (Lipinski definition) is 3. The molecule has 3 rings (SSSR count). The number of alkyl halides is 1. The van der Waals surface area contributed by atoms with E-state index in [1.54, 1.807) is 0 Å². The van der Waals surface area contributed by atoms with Crippen molar-refractivity contribution in [3.05, 3.63) is 23.8 Å². The molecular weight excluding hydrogens is 426 g/mol. The Labute approximate surface area is 200 Å². The lowest BCUT2D eigenvalue weighted by atomic mass is 9.69. The van der Waals surface area contributed by atoms with Gasteiger partial charge in [0.1, 0.15) is 0 Å². The zero-order valence-electron chi connectivity index (χ0n) is 19.7. The van der Waals surface area contributed by atoms with Crippen molar-refractivity contribution in [3.8, 4) is 0 Å². The van der Waals surface area contributed by atoms with Crippen LogP contribution in [0.1, 0.15) is 60.8 Å². The van der Waals surface area contributed by atoms with Gasteiger partial charge in [0.25, 0.3) is 0 Å². The Morgan fingerprint density at radius 2 is 2.03 bits per heavy atom. The van der Waals surface area contributed by atoms with Crippen LogP contribution in [0.4, 0.5) is 0 Å². The zero-order valence-corrected chi connectivity index (χ0v) is 20.5. The Bertz CT molecular complexity index is 630. The molecule has 2 saturated heterocycles. The van der Waals surface area contributed by atoms with Gasteiger partial charge in [-0.25, -0.2) is 0 Å². The number of likely N-dealkylation sites (tertiary alicyclic amines) is 1. The predicted molar refractivity (Wildman–Crippen MR) is 136 cm³/mol. The monoisotopic (exact) mass is 473 g/mol. The van der Waals surface area contributed by atoms with Crippen molar-refractivity contribution in [2.45, 2.75) is 72.2 Å². The van der Waals surface area contributed by atoms with E-state index in [1.807, 2.05) is 0 Å². The summed E-state index contributed by atoms with van der Waals surface area (Å²) in [7, 11) is 0. The maximum atomic E-state index is 12.8. The van der Waals surface area contributed by atoms with Crippen LogP contribution >= 0.6 is 11.6 Å². The molecule has 0 saturated carbocycles. The lowest BCUT2D eigenvalue weighted by Crippen LogP contribution is -2.54. The van der Waals surface area contributed by atoms with Crippen LogP contribution in [-0.4, -0.2) is 65.9 Å². The molecule has 2 heterocycles. The number of rotatable bonds is 6. The van der Waals surface area contributed by atoms with Crippen molar-refractivity contribution in [2.24, 2.45) is 23.2 Å². The number of carbonyl (C=O) groups excluding carboxylic acids is 1. The van der Waals surface area contributed by atoms with Crippen LogP contribution in [0.15, 0.2) is 23.8 Å². The summed E-state index contributed by atoms with van der Waals surface area (Å²) < 4.78 is 0. The van der Waals surface area contributed by atoms with E-state index in [4.69, 9.17) is 11.6 Å². The number of amides is 1. The summed E-state index contributed by atoms with van der Waals surface area (Å²) in [6, 6.07) is 0.211. The second-order valence-corrected chi connectivity index (χ2v) is 10.8. The third kappa shape index (κ3) is 8.14. The topological polar surface area (TPSA) is 107 Å². The van der Waals surface area contributed by atoms with Crippen molar-refractivity contribution < 1.29 is 15.7 Å². The molecule has 4 atom stereocenters. The number of allylic oxidation sites excluding steroid dienone is 4. The number of carbonyl (C=O) groups is 1. The first-order chi connectivity index (χ1) is 13.8. The maximum absolute atomic E-state index is 12.8. The summed E-state index contributed by atoms with van der Waals surface area (Å²) in [6.45, 7) is 14.2. The highest BCUT2D eigenvalue weighted by molar-refractivity contribution is 6.22. The summed E-state index contributed by atoms with van der Waals surface area (Å²) in [6.07, 6.45) is 11.0. The molecule has 0 radical (unpaired) electrons. The Hall–Kier alpha value is -0.920. The average Bonchev–Trinajstić information content (AvgIpc) is 2.68. The third-order valence-electron chi connectivity index (χ3n) is 7.04. The molecule has 1 amide bonds. The molecule has 6 N–H and O–H groups in total. The standard InChI is InChI=1S/C24H40ClN3O.CH4.2H2O/c1-17(2)22(27-23(29)19-6-5-12-26-14-19)15-28-13-11-21(24(3,4)16-28)18-7-9-20(25)10-8-18;;;/h7-9,17,19-22,26H,5-6,10-16H2,1-4H3,(H,27,29);1H4;2*1H2/t19-,20?,21?,22+;;;/m1.../s1. The minimum Gasteiger partial charge on any atom is -0.412 e. The fourth-order valence-corrected chi connectivity index (χ4v) is 5.35. The summed E-state index contributed by atoms with van der Waals surface area (Å²) in [4.78, 5) is 15.3. The Morgan fingerprint density at radius 3 is 2.56 bits per heavy atom. The smallest absolute Gasteiger partial charge is 0.224 e. The van der Waals surface area contributed by atoms with E-state index < -0.39 is 0 Å². The zero-order chi connectivity index (χ0) is 21.0. The first kappa shape index (κ1) is 31.1. The Morgan fingerprint density at radius 1 is 1.31 bits per heavy atom. The van der Waals surface area contributed by atoms with E-state index in [0.29, 0.717) is 11.8 Å². The van der Waals surface area contributed by atoms with Crippen LogP contribution in [0.3, 0.4) is 0 Å². The van der Waals surface area contributed by atoms with E-state index in [0.717, 1.165) is 52.0 Å². The first-order valence-corrected chi connectivity index (χ1v) is 12.0. The van der Waals surface area contributed by atoms with Crippen LogP contribution in [0.2, 0.25) is 0 Å². The number of hydrogen-bond donors (Lipinski definition) is 2. The molecule has 2 unspecified atom stereocenters. The maximum Gasteiger partial charge on any atom is 0.224 e. The first-order valence-electron chi connectivity index (χ1n) is 11.5. The number of nitrogens with zero attached hydrogens (tertiary/aromatic N) is 1. The van der Waals surface area contributed by atoms with Crippen molar-refractivity contribution in [1.29, 1.82) is 0 Å². The quantitative estimate of drug-likeness (QED) is 0.579. The summed E-state index contributed by atoms with van der Waals surface area (Å²) in [5.41, 5.74) is 1.68. The molecule has 0 aromatic rings. The van der Waals surface area contributed by atoms with Gasteiger partial charge in [0, 0.05) is 25.7 Å². The lowest BCUT2D eigenvalue weighted by Gasteiger charge is -2.46. The fourth-order valence-electron chi connectivity index (χ4n) is 5.19. The highest BCUT2D eigenvalue weighted by atomic mass is 35.5. The van der Waals surface area contributed by atoms with Crippen LogP contribution in [0.25, 0.3) is 0 Å². The van der Waals surface area contributed by atoms with Crippen molar-refractivity contribution in [2.75, 3.05) is 32.7 Å². The number of piperidine rings is 2. The van der Waals surface area contributed by atoms with Gasteiger partial charge in [0.05, 0.1) is 11.3 Å². The minimum atomic E-state index is 0. The predicted octanol–water partition coefficient (Wildman–Crippen LogP) is 2.96. The average molecular weight is 474 g/mol. The minimum absolute atomic E-state index is 0. The molecule has 2 aliphatic heterocycles. The molecule has 7 heteroatoms. The second-order valence-electron chi connectivity index (χ2n) is 10.3. The van der Waals surface area contributed by atoms with Gasteiger partial charge in [-0.1, -0.05) is 53.3 Å². The van der Waals surface area contributed by atoms with E-state index in [9.17, 15) is 4.79 Å². The summed E-state index contributed by atoms with van der Waals surface area (Å²) in [5.74, 6) is 1.38. The lowest BCUT2D eigenvalue weighted by molar-refractivity contribution is -0.126. The Balaban J connectivity index is 0.00000320. The molecule has 32 heavy (non-hydrogen) atoms. The molecule has 2 fully saturated rings. The molecule has 1 aliphatic carbocycles. The molecule has 0 aromatic heterocycles. The van der Waals surface area contributed by atoms with E-state index in [2.05, 4.69) is 61.5 Å². The van der Waals surface area contributed by atoms with Crippen molar-refractivity contribution in [3.63, 3.8) is 0 Å². The van der Waals surface area contributed by atoms with Gasteiger partial charge in [-0.15, -0.1) is 11.6 Å². The van der Waals surface area contributed by atoms with Crippen molar-refractivity contribution in [1.82, 2.24) is 15.5 Å². The molecule has 3 aliphatic rings. The van der Waals surface area contributed by atoms with Gasteiger partial charge in [-0.2, -0.15) is 0 Å². The SMILES string of the molecule is C.CC(C)[C@H](CN1CCC(C2=CCC(Cl)C=C2)C(C)(C)C1)NC(=O)[C@@H]1CCCNC1.O.O. The van der Waals surface area contributed by atoms with Crippen LogP contribution in [0.5, 0.6) is 0 Å². The fraction of sp³-hybridized carbons (Fsp3) is 0.800. The van der Waals surface area contributed by atoms with Crippen LogP contribution < -0.4 is 10.6 Å². The number of halogens is 1. The summed E-state index contributed by atoms with van der Waals surface area (Å²) in [5, 5.41) is 6.89. The molecule has 188 valence electrons. The molecule has 0 spiro atoms. The van der Waals surface area contributed by atoms with Crippen LogP contribution in [-0.2, 0) is 4.79 Å². The highest BCUT2D eigenvalue weighted by Crippen LogP contribution is 2.41. The normalized spacial score (nSPS) is 28.4. The molecule has 0 aromatic carbocycles. The third-order valence-corrected chi connectivity index (χ3v) is 7.37. The van der Waals surface area contributed by atoms with Gasteiger partial charge in [0.2, 0.25) is 5.91 Å². The second kappa shape index (κ2) is 13.7. The van der Waals surface area contributed by atoms with Gasteiger partial charge >= 0.3 is 0 Å². The van der Waals surface area contributed by atoms with E-state index in [1.165, 1.54) is 12.0 Å². The summed E-state index contributed by atoms with van der Waals surface area (Å²) >= 11 is 6.22. The van der Waals surface area contributed by atoms with Crippen LogP contribution in [0, 0.1) is 23.2 Å². The molecule has 0 bridgehead atoms. The van der Waals surface area contributed by atoms with Gasteiger partial charge in [-0.05, 0) is 61.6 Å². The van der Waals surface area contributed by atoms with Crippen molar-refractivity contribution >= 4 is 17.5 Å². The largest absolute Gasteiger partial charge is 0.412 e. The van der Waals surface area contributed by atoms with E-state index >= 15 is 0 Å². The molecule has 6 nitrogen and oxygen atoms in total. The Kier molecular flexibility index (Phi) is 13.3. The van der Waals surface area contributed by atoms with E-state index in [-0.39, 0.29) is 47.0 Å². The van der Waals surface area contributed by atoms with Gasteiger partial charge in [-0.3, -0.25) is 4.79 Å². The van der Waals surface area contributed by atoms with Gasteiger partial charge in [0.15, 0.2) is 0 Å². The number of nitrogens with one attached hydrogen (secondary N) is 2. The van der Waals surface area contributed by atoms with Gasteiger partial charge < -0.3 is 26.5 Å². The highest BCUT2D eigenvalue weighted by Gasteiger charge is 2.38. The molecular formula is C25H48ClN3O3.